The van der Waals surface area contributed by atoms with Crippen molar-refractivity contribution in [3.05, 3.63) is 41.7 Å². The van der Waals surface area contributed by atoms with E-state index in [4.69, 9.17) is 4.74 Å². The number of ether oxygens (including phenoxy) is 1. The maximum absolute atomic E-state index is 12.4. The standard InChI is InChI=1S/C20H27N3O4/c1-12(2)17-8-7-16(9-13(17)3)27-14(4)18(24)22-15-10-21-23(11-15)20(5,6)19(25)26/h7-12,14H,1-6H3,(H,22,24)(H,25,26). The van der Waals surface area contributed by atoms with Crippen molar-refractivity contribution in [1.29, 1.82) is 0 Å². The predicted octanol–water partition coefficient (Wildman–Crippen LogP) is 3.54. The van der Waals surface area contributed by atoms with Crippen molar-refractivity contribution in [2.24, 2.45) is 0 Å². The molecular weight excluding hydrogens is 346 g/mol. The summed E-state index contributed by atoms with van der Waals surface area (Å²) in [7, 11) is 0. The van der Waals surface area contributed by atoms with E-state index in [9.17, 15) is 14.7 Å². The number of carbonyl (C=O) groups excluding carboxylic acids is 1. The Morgan fingerprint density at radius 2 is 1.93 bits per heavy atom. The molecule has 1 heterocycles. The van der Waals surface area contributed by atoms with Crippen LogP contribution in [0.1, 0.15) is 51.7 Å². The van der Waals surface area contributed by atoms with Crippen LogP contribution in [0.4, 0.5) is 5.69 Å². The van der Waals surface area contributed by atoms with Crippen molar-refractivity contribution in [3.8, 4) is 5.75 Å². The van der Waals surface area contributed by atoms with E-state index < -0.39 is 17.6 Å². The van der Waals surface area contributed by atoms with Gasteiger partial charge >= 0.3 is 5.97 Å². The van der Waals surface area contributed by atoms with Crippen molar-refractivity contribution in [3.63, 3.8) is 0 Å². The average molecular weight is 373 g/mol. The van der Waals surface area contributed by atoms with Gasteiger partial charge in [0.05, 0.1) is 11.9 Å². The zero-order chi connectivity index (χ0) is 20.4. The number of carboxylic acids is 1. The quantitative estimate of drug-likeness (QED) is 0.774. The highest BCUT2D eigenvalue weighted by molar-refractivity contribution is 5.93. The lowest BCUT2D eigenvalue weighted by atomic mass is 9.98. The molecule has 0 bridgehead atoms. The molecule has 2 aromatic rings. The first-order valence-electron chi connectivity index (χ1n) is 8.89. The van der Waals surface area contributed by atoms with Crippen molar-refractivity contribution < 1.29 is 19.4 Å². The molecule has 2 rings (SSSR count). The lowest BCUT2D eigenvalue weighted by Gasteiger charge is -2.19. The van der Waals surface area contributed by atoms with Gasteiger partial charge < -0.3 is 15.2 Å². The summed E-state index contributed by atoms with van der Waals surface area (Å²) in [6.45, 7) is 11.0. The van der Waals surface area contributed by atoms with Gasteiger partial charge in [0.1, 0.15) is 5.75 Å². The summed E-state index contributed by atoms with van der Waals surface area (Å²) in [4.78, 5) is 23.7. The molecule has 0 aliphatic heterocycles. The molecule has 0 saturated carbocycles. The van der Waals surface area contributed by atoms with E-state index in [1.807, 2.05) is 25.1 Å². The van der Waals surface area contributed by atoms with E-state index >= 15 is 0 Å². The fourth-order valence-corrected chi connectivity index (χ4v) is 2.66. The first kappa shape index (κ1) is 20.5. The Kier molecular flexibility index (Phi) is 5.93. The molecule has 146 valence electrons. The third kappa shape index (κ3) is 4.67. The van der Waals surface area contributed by atoms with Crippen LogP contribution in [-0.4, -0.2) is 32.9 Å². The third-order valence-corrected chi connectivity index (χ3v) is 4.49. The van der Waals surface area contributed by atoms with Gasteiger partial charge in [-0.25, -0.2) is 4.79 Å². The van der Waals surface area contributed by atoms with Crippen molar-refractivity contribution >= 4 is 17.6 Å². The molecule has 0 fully saturated rings. The Bertz CT molecular complexity index is 840. The number of aromatic nitrogens is 2. The topological polar surface area (TPSA) is 93.5 Å². The summed E-state index contributed by atoms with van der Waals surface area (Å²) in [6.07, 6.45) is 2.18. The zero-order valence-corrected chi connectivity index (χ0v) is 16.6. The number of benzene rings is 1. The van der Waals surface area contributed by atoms with Crippen LogP contribution in [0.2, 0.25) is 0 Å². The second-order valence-corrected chi connectivity index (χ2v) is 7.46. The SMILES string of the molecule is Cc1cc(OC(C)C(=O)Nc2cnn(C(C)(C)C(=O)O)c2)ccc1C(C)C. The van der Waals surface area contributed by atoms with Crippen molar-refractivity contribution in [2.75, 3.05) is 5.32 Å². The second kappa shape index (κ2) is 7.82. The second-order valence-electron chi connectivity index (χ2n) is 7.46. The van der Waals surface area contributed by atoms with Gasteiger partial charge in [-0.05, 0) is 56.9 Å². The number of nitrogens with one attached hydrogen (secondary N) is 1. The fraction of sp³-hybridized carbons (Fsp3) is 0.450. The molecule has 0 aliphatic carbocycles. The lowest BCUT2D eigenvalue weighted by Crippen LogP contribution is -2.36. The van der Waals surface area contributed by atoms with E-state index in [1.54, 1.807) is 6.92 Å². The largest absolute Gasteiger partial charge is 0.481 e. The van der Waals surface area contributed by atoms with Crippen LogP contribution in [-0.2, 0) is 15.1 Å². The number of nitrogens with zero attached hydrogens (tertiary/aromatic N) is 2. The number of anilines is 1. The minimum atomic E-state index is -1.21. The Balaban J connectivity index is 2.03. The number of hydrogen-bond donors (Lipinski definition) is 2. The minimum Gasteiger partial charge on any atom is -0.481 e. The maximum Gasteiger partial charge on any atom is 0.331 e. The first-order valence-corrected chi connectivity index (χ1v) is 8.89. The summed E-state index contributed by atoms with van der Waals surface area (Å²) in [5.41, 5.74) is 1.57. The van der Waals surface area contributed by atoms with Crippen LogP contribution in [0.3, 0.4) is 0 Å². The molecule has 1 aromatic heterocycles. The summed E-state index contributed by atoms with van der Waals surface area (Å²) < 4.78 is 7.04. The van der Waals surface area contributed by atoms with Crippen LogP contribution in [0, 0.1) is 6.92 Å². The van der Waals surface area contributed by atoms with Gasteiger partial charge in [-0.1, -0.05) is 19.9 Å². The lowest BCUT2D eigenvalue weighted by molar-refractivity contribution is -0.146. The highest BCUT2D eigenvalue weighted by atomic mass is 16.5. The molecule has 2 N–H and O–H groups in total. The molecule has 27 heavy (non-hydrogen) atoms. The highest BCUT2D eigenvalue weighted by Gasteiger charge is 2.30. The maximum atomic E-state index is 12.4. The molecule has 0 aliphatic rings. The molecule has 7 heteroatoms. The summed E-state index contributed by atoms with van der Waals surface area (Å²) in [6, 6.07) is 5.80. The molecule has 1 unspecified atom stereocenters. The summed E-state index contributed by atoms with van der Waals surface area (Å²) in [5, 5.41) is 16.0. The van der Waals surface area contributed by atoms with Crippen LogP contribution in [0.5, 0.6) is 5.75 Å². The summed E-state index contributed by atoms with van der Waals surface area (Å²) in [5.74, 6) is -0.303. The van der Waals surface area contributed by atoms with E-state index in [0.29, 0.717) is 17.4 Å². The molecular formula is C20H27N3O4. The van der Waals surface area contributed by atoms with Crippen LogP contribution < -0.4 is 10.1 Å². The van der Waals surface area contributed by atoms with E-state index in [2.05, 4.69) is 24.3 Å². The number of carbonyl (C=O) groups is 2. The number of aliphatic carboxylic acids is 1. The third-order valence-electron chi connectivity index (χ3n) is 4.49. The Hall–Kier alpha value is -2.83. The van der Waals surface area contributed by atoms with Crippen molar-refractivity contribution in [2.45, 2.75) is 59.1 Å². The number of carboxylic acid groups (broad SMARTS) is 1. The normalized spacial score (nSPS) is 12.7. The minimum absolute atomic E-state index is 0.340. The van der Waals surface area contributed by atoms with E-state index in [0.717, 1.165) is 5.56 Å². The molecule has 0 spiro atoms. The average Bonchev–Trinajstić information content (AvgIpc) is 3.03. The van der Waals surface area contributed by atoms with E-state index in [-0.39, 0.29) is 5.91 Å². The van der Waals surface area contributed by atoms with Gasteiger partial charge in [-0.15, -0.1) is 0 Å². The predicted molar refractivity (Wildman–Crippen MR) is 103 cm³/mol. The van der Waals surface area contributed by atoms with Gasteiger partial charge in [-0.2, -0.15) is 5.10 Å². The molecule has 1 aromatic carbocycles. The van der Waals surface area contributed by atoms with Gasteiger partial charge in [0.2, 0.25) is 0 Å². The van der Waals surface area contributed by atoms with Crippen LogP contribution in [0.25, 0.3) is 0 Å². The fourth-order valence-electron chi connectivity index (χ4n) is 2.66. The molecule has 0 radical (unpaired) electrons. The van der Waals surface area contributed by atoms with Crippen LogP contribution >= 0.6 is 0 Å². The Labute approximate surface area is 159 Å². The van der Waals surface area contributed by atoms with Gasteiger partial charge in [-0.3, -0.25) is 9.48 Å². The van der Waals surface area contributed by atoms with Gasteiger partial charge in [0.15, 0.2) is 11.6 Å². The summed E-state index contributed by atoms with van der Waals surface area (Å²) >= 11 is 0. The first-order chi connectivity index (χ1) is 12.5. The number of amides is 1. The zero-order valence-electron chi connectivity index (χ0n) is 16.6. The number of rotatable bonds is 7. The molecule has 1 atom stereocenters. The van der Waals surface area contributed by atoms with Gasteiger partial charge in [0, 0.05) is 6.20 Å². The van der Waals surface area contributed by atoms with Gasteiger partial charge in [0.25, 0.3) is 5.91 Å². The number of aryl methyl sites for hydroxylation is 1. The molecule has 1 amide bonds. The monoisotopic (exact) mass is 373 g/mol. The smallest absolute Gasteiger partial charge is 0.331 e. The Morgan fingerprint density at radius 3 is 2.48 bits per heavy atom. The van der Waals surface area contributed by atoms with E-state index in [1.165, 1.54) is 36.5 Å². The Morgan fingerprint density at radius 1 is 1.26 bits per heavy atom. The van der Waals surface area contributed by atoms with Crippen LogP contribution in [0.15, 0.2) is 30.6 Å². The molecule has 0 saturated heterocycles. The number of hydrogen-bond acceptors (Lipinski definition) is 4. The van der Waals surface area contributed by atoms with Crippen molar-refractivity contribution in [1.82, 2.24) is 9.78 Å². The highest BCUT2D eigenvalue weighted by Crippen LogP contribution is 2.24. The molecule has 7 nitrogen and oxygen atoms in total.